The molecule has 50 heavy (non-hydrogen) atoms. The first-order valence-corrected chi connectivity index (χ1v) is 20.8. The Morgan fingerprint density at radius 2 is 0.880 bits per heavy atom. The summed E-state index contributed by atoms with van der Waals surface area (Å²) in [5.74, 6) is 0.212. The van der Waals surface area contributed by atoms with Crippen LogP contribution in [0.1, 0.15) is 90.2 Å². The van der Waals surface area contributed by atoms with Gasteiger partial charge in [-0.05, 0) is 53.4 Å². The Labute approximate surface area is 304 Å². The molecule has 0 aromatic carbocycles. The van der Waals surface area contributed by atoms with Gasteiger partial charge in [0.1, 0.15) is 32.7 Å². The molecule has 4 atom stereocenters. The number of hydrogen-bond donors (Lipinski definition) is 0. The van der Waals surface area contributed by atoms with Crippen LogP contribution in [0.3, 0.4) is 0 Å². The molecular formula is C38H34N2O6S4. The zero-order valence-electron chi connectivity index (χ0n) is 28.1. The van der Waals surface area contributed by atoms with E-state index in [2.05, 4.69) is 27.7 Å². The number of thiophene rings is 4. The van der Waals surface area contributed by atoms with Gasteiger partial charge >= 0.3 is 0 Å². The molecule has 6 aliphatic rings. The lowest BCUT2D eigenvalue weighted by Gasteiger charge is -2.31. The van der Waals surface area contributed by atoms with Crippen molar-refractivity contribution in [3.63, 3.8) is 0 Å². The third-order valence-electron chi connectivity index (χ3n) is 11.5. The number of ketones is 4. The van der Waals surface area contributed by atoms with Crippen molar-refractivity contribution >= 4 is 99.3 Å². The minimum Gasteiger partial charge on any atom is -0.481 e. The van der Waals surface area contributed by atoms with Gasteiger partial charge in [0.15, 0.2) is 34.6 Å². The van der Waals surface area contributed by atoms with Crippen LogP contribution in [-0.2, 0) is 30.4 Å². The molecule has 4 saturated carbocycles. The van der Waals surface area contributed by atoms with Crippen molar-refractivity contribution < 1.29 is 28.7 Å². The van der Waals surface area contributed by atoms with E-state index in [0.717, 1.165) is 103 Å². The van der Waals surface area contributed by atoms with Gasteiger partial charge in [-0.2, -0.15) is 0 Å². The van der Waals surface area contributed by atoms with Gasteiger partial charge < -0.3 is 9.47 Å². The summed E-state index contributed by atoms with van der Waals surface area (Å²) in [6.07, 6.45) is 7.04. The molecule has 256 valence electrons. The van der Waals surface area contributed by atoms with E-state index < -0.39 is 11.2 Å². The average molecular weight is 743 g/mol. The number of carbonyl (C=O) groups is 4. The highest BCUT2D eigenvalue weighted by Crippen LogP contribution is 2.63. The molecule has 0 spiro atoms. The van der Waals surface area contributed by atoms with Crippen LogP contribution < -0.4 is 9.47 Å². The molecule has 10 rings (SSSR count). The summed E-state index contributed by atoms with van der Waals surface area (Å²) in [7, 11) is 0. The van der Waals surface area contributed by atoms with Crippen molar-refractivity contribution in [1.29, 1.82) is 0 Å². The van der Waals surface area contributed by atoms with Crippen molar-refractivity contribution in [2.24, 2.45) is 33.7 Å². The molecule has 8 nitrogen and oxygen atoms in total. The lowest BCUT2D eigenvalue weighted by molar-refractivity contribution is -0.120. The highest BCUT2D eigenvalue weighted by atomic mass is 32.1. The molecule has 4 aromatic rings. The molecule has 12 heteroatoms. The Kier molecular flexibility index (Phi) is 6.67. The van der Waals surface area contributed by atoms with Crippen LogP contribution in [0.25, 0.3) is 28.9 Å². The molecule has 2 aliphatic heterocycles. The number of nitrogens with zero attached hydrogens (tertiary/aromatic N) is 2. The summed E-state index contributed by atoms with van der Waals surface area (Å²) in [5.41, 5.74) is 1.15. The van der Waals surface area contributed by atoms with E-state index in [1.54, 1.807) is 22.7 Å². The molecule has 0 amide bonds. The summed E-state index contributed by atoms with van der Waals surface area (Å²) in [6, 6.07) is 3.76. The average Bonchev–Trinajstić information content (AvgIpc) is 3.90. The van der Waals surface area contributed by atoms with Gasteiger partial charge in [0.25, 0.3) is 0 Å². The number of hydrogen-bond acceptors (Lipinski definition) is 12. The van der Waals surface area contributed by atoms with Crippen molar-refractivity contribution in [2.75, 3.05) is 0 Å². The minimum atomic E-state index is -0.645. The monoisotopic (exact) mass is 742 g/mol. The van der Waals surface area contributed by atoms with Gasteiger partial charge in [-0.25, -0.2) is 9.98 Å². The summed E-state index contributed by atoms with van der Waals surface area (Å²) in [6.45, 7) is 8.32. The smallest absolute Gasteiger partial charge is 0.188 e. The van der Waals surface area contributed by atoms with E-state index in [1.807, 2.05) is 12.1 Å². The Morgan fingerprint density at radius 3 is 1.22 bits per heavy atom. The SMILES string of the molecule is CC1(C)Oc2cc(N=C3C(=O)C4CCCCC4C3=O)sc2-c2sc3c4c(sc3c21)-c1sc(N=C2C(=O)C3CCCCC3C2=O)cc1OC4(C)C. The maximum absolute atomic E-state index is 13.2. The second-order valence-corrected chi connectivity index (χ2v) is 19.5. The van der Waals surface area contributed by atoms with Crippen LogP contribution in [0.2, 0.25) is 0 Å². The summed E-state index contributed by atoms with van der Waals surface area (Å²) in [5, 5.41) is 1.24. The minimum absolute atomic E-state index is 0.0968. The second kappa shape index (κ2) is 10.6. The van der Waals surface area contributed by atoms with Crippen molar-refractivity contribution in [1.82, 2.24) is 0 Å². The third kappa shape index (κ3) is 4.31. The molecule has 4 aromatic heterocycles. The van der Waals surface area contributed by atoms with E-state index >= 15 is 0 Å². The van der Waals surface area contributed by atoms with Crippen LogP contribution in [0, 0.1) is 23.7 Å². The molecule has 4 aliphatic carbocycles. The van der Waals surface area contributed by atoms with Crippen LogP contribution in [-0.4, -0.2) is 34.6 Å². The lowest BCUT2D eigenvalue weighted by Crippen LogP contribution is -2.27. The van der Waals surface area contributed by atoms with Gasteiger partial charge in [0.05, 0.1) is 28.9 Å². The Bertz CT molecular complexity index is 2100. The predicted molar refractivity (Wildman–Crippen MR) is 199 cm³/mol. The first-order chi connectivity index (χ1) is 23.9. The van der Waals surface area contributed by atoms with Crippen LogP contribution >= 0.6 is 45.3 Å². The largest absolute Gasteiger partial charge is 0.481 e. The van der Waals surface area contributed by atoms with Crippen molar-refractivity contribution in [2.45, 2.75) is 90.3 Å². The van der Waals surface area contributed by atoms with E-state index in [9.17, 15) is 19.2 Å². The van der Waals surface area contributed by atoms with Crippen molar-refractivity contribution in [3.8, 4) is 31.0 Å². The summed E-state index contributed by atoms with van der Waals surface area (Å²) >= 11 is 6.40. The molecule has 0 saturated heterocycles. The normalized spacial score (nSPS) is 27.3. The van der Waals surface area contributed by atoms with E-state index in [1.165, 1.54) is 22.7 Å². The molecule has 4 unspecified atom stereocenters. The molecule has 0 N–H and O–H groups in total. The van der Waals surface area contributed by atoms with Gasteiger partial charge in [-0.1, -0.05) is 25.7 Å². The fourth-order valence-corrected chi connectivity index (χ4v) is 14.9. The quantitative estimate of drug-likeness (QED) is 0.202. The van der Waals surface area contributed by atoms with Gasteiger partial charge in [-0.3, -0.25) is 19.2 Å². The molecule has 6 heterocycles. The predicted octanol–water partition coefficient (Wildman–Crippen LogP) is 9.74. The van der Waals surface area contributed by atoms with Crippen LogP contribution in [0.5, 0.6) is 11.5 Å². The molecule has 4 fully saturated rings. The number of aliphatic imine (C=N–C) groups is 2. The first kappa shape index (κ1) is 31.4. The second-order valence-electron chi connectivity index (χ2n) is 15.4. The van der Waals surface area contributed by atoms with E-state index in [-0.39, 0.29) is 58.2 Å². The molecular weight excluding hydrogens is 709 g/mol. The fourth-order valence-electron chi connectivity index (χ4n) is 9.20. The highest BCUT2D eigenvalue weighted by molar-refractivity contribution is 7.34. The summed E-state index contributed by atoms with van der Waals surface area (Å²) in [4.78, 5) is 66.4. The maximum Gasteiger partial charge on any atom is 0.188 e. The molecule has 0 radical (unpaired) electrons. The third-order valence-corrected chi connectivity index (χ3v) is 16.4. The number of fused-ring (bicyclic) bond motifs is 11. The maximum atomic E-state index is 13.2. The van der Waals surface area contributed by atoms with Crippen LogP contribution in [0.15, 0.2) is 22.1 Å². The number of rotatable bonds is 2. The Morgan fingerprint density at radius 1 is 0.540 bits per heavy atom. The van der Waals surface area contributed by atoms with Crippen molar-refractivity contribution in [3.05, 3.63) is 23.3 Å². The first-order valence-electron chi connectivity index (χ1n) is 17.5. The standard InChI is InChI=1S/C38H34N2O6S4/c1-37(2)23-33(31-19(45-37)13-21(47-31)39-25-27(41)15-9-5-6-10-16(15)28(25)42)49-36-24-34(50-35(23)36)32-20(46-38(24,3)4)14-22(48-32)40-26-29(43)17-11-7-8-12-18(17)30(26)44/h13-18H,5-12H2,1-4H3. The summed E-state index contributed by atoms with van der Waals surface area (Å²) < 4.78 is 15.6. The van der Waals surface area contributed by atoms with Gasteiger partial charge in [0, 0.05) is 46.9 Å². The highest BCUT2D eigenvalue weighted by Gasteiger charge is 2.50. The topological polar surface area (TPSA) is 111 Å². The number of ether oxygens (including phenoxy) is 2. The fraction of sp³-hybridized carbons (Fsp3) is 0.474. The van der Waals surface area contributed by atoms with Gasteiger partial charge in [-0.15, -0.1) is 45.3 Å². The Balaban J connectivity index is 1.05. The lowest BCUT2D eigenvalue weighted by atomic mass is 9.81. The van der Waals surface area contributed by atoms with Gasteiger partial charge in [0.2, 0.25) is 0 Å². The number of Topliss-reactive ketones (excluding diaryl/α,β-unsaturated/α-hetero) is 4. The number of carbonyl (C=O) groups excluding carboxylic acids is 4. The Hall–Kier alpha value is -3.32. The zero-order chi connectivity index (χ0) is 34.4. The van der Waals surface area contributed by atoms with E-state index in [4.69, 9.17) is 19.5 Å². The van der Waals surface area contributed by atoms with Crippen LogP contribution in [0.4, 0.5) is 10.0 Å². The molecule has 0 bridgehead atoms. The van der Waals surface area contributed by atoms with E-state index in [0.29, 0.717) is 10.0 Å². The zero-order valence-corrected chi connectivity index (χ0v) is 31.4.